The Hall–Kier alpha value is -1.04. The van der Waals surface area contributed by atoms with Crippen molar-refractivity contribution in [3.05, 3.63) is 24.0 Å². The summed E-state index contributed by atoms with van der Waals surface area (Å²) in [7, 11) is 0. The molecule has 1 aliphatic heterocycles. The molecule has 1 aromatic heterocycles. The number of pyridine rings is 1. The van der Waals surface area contributed by atoms with Crippen LogP contribution >= 0.6 is 24.8 Å². The summed E-state index contributed by atoms with van der Waals surface area (Å²) >= 11 is 0. The van der Waals surface area contributed by atoms with Gasteiger partial charge in [0.2, 0.25) is 0 Å². The Morgan fingerprint density at radius 1 is 1.50 bits per heavy atom. The molecule has 2 heterocycles. The summed E-state index contributed by atoms with van der Waals surface area (Å²) in [5.41, 5.74) is 6.19. The summed E-state index contributed by atoms with van der Waals surface area (Å²) in [6.45, 7) is 5.13. The standard InChI is InChI=1S/C13H19N3O2.2ClH/c1-9(2)18-11-4-3-6-15-12(11)13(17)16-7-5-10(14)8-16;;/h3-4,6,9-10H,5,7-8,14H2,1-2H3;2*1H/t10-;;/m1../s1. The van der Waals surface area contributed by atoms with Gasteiger partial charge in [0.1, 0.15) is 0 Å². The number of halogens is 2. The van der Waals surface area contributed by atoms with Crippen LogP contribution in [0, 0.1) is 0 Å². The molecule has 0 spiro atoms. The maximum Gasteiger partial charge on any atom is 0.276 e. The Labute approximate surface area is 131 Å². The van der Waals surface area contributed by atoms with E-state index in [-0.39, 0.29) is 42.9 Å². The van der Waals surface area contributed by atoms with E-state index in [4.69, 9.17) is 10.5 Å². The molecule has 114 valence electrons. The second-order valence-corrected chi connectivity index (χ2v) is 4.82. The van der Waals surface area contributed by atoms with Gasteiger partial charge in [-0.2, -0.15) is 0 Å². The predicted octanol–water partition coefficient (Wildman–Crippen LogP) is 1.89. The summed E-state index contributed by atoms with van der Waals surface area (Å²) < 4.78 is 5.61. The number of nitrogens with two attached hydrogens (primary N) is 1. The van der Waals surface area contributed by atoms with E-state index in [0.717, 1.165) is 6.42 Å². The lowest BCUT2D eigenvalue weighted by atomic mass is 10.3. The van der Waals surface area contributed by atoms with Crippen LogP contribution in [0.15, 0.2) is 18.3 Å². The molecule has 1 saturated heterocycles. The molecule has 1 amide bonds. The minimum absolute atomic E-state index is 0. The third-order valence-electron chi connectivity index (χ3n) is 2.85. The van der Waals surface area contributed by atoms with Crippen LogP contribution in [0.1, 0.15) is 30.8 Å². The zero-order valence-corrected chi connectivity index (χ0v) is 13.2. The molecule has 0 saturated carbocycles. The molecule has 0 bridgehead atoms. The van der Waals surface area contributed by atoms with Crippen molar-refractivity contribution >= 4 is 30.7 Å². The zero-order chi connectivity index (χ0) is 13.1. The van der Waals surface area contributed by atoms with Crippen molar-refractivity contribution in [2.45, 2.75) is 32.4 Å². The molecule has 2 rings (SSSR count). The number of carbonyl (C=O) groups excluding carboxylic acids is 1. The molecule has 0 aromatic carbocycles. The first kappa shape index (κ1) is 19.0. The topological polar surface area (TPSA) is 68.5 Å². The minimum atomic E-state index is -0.0980. The number of aromatic nitrogens is 1. The predicted molar refractivity (Wildman–Crippen MR) is 83.0 cm³/mol. The largest absolute Gasteiger partial charge is 0.489 e. The summed E-state index contributed by atoms with van der Waals surface area (Å²) in [4.78, 5) is 18.2. The molecule has 0 radical (unpaired) electrons. The molecule has 2 N–H and O–H groups in total. The van der Waals surface area contributed by atoms with Gasteiger partial charge in [-0.1, -0.05) is 0 Å². The number of carbonyl (C=O) groups is 1. The fraction of sp³-hybridized carbons (Fsp3) is 0.538. The third kappa shape index (κ3) is 4.51. The van der Waals surface area contributed by atoms with E-state index >= 15 is 0 Å². The first-order valence-electron chi connectivity index (χ1n) is 6.24. The van der Waals surface area contributed by atoms with Crippen molar-refractivity contribution in [2.24, 2.45) is 5.73 Å². The quantitative estimate of drug-likeness (QED) is 0.923. The van der Waals surface area contributed by atoms with Crippen LogP contribution in [0.2, 0.25) is 0 Å². The van der Waals surface area contributed by atoms with Crippen LogP contribution < -0.4 is 10.5 Å². The first-order valence-corrected chi connectivity index (χ1v) is 6.24. The third-order valence-corrected chi connectivity index (χ3v) is 2.85. The number of hydrogen-bond donors (Lipinski definition) is 1. The maximum absolute atomic E-state index is 12.3. The number of nitrogens with zero attached hydrogens (tertiary/aromatic N) is 2. The van der Waals surface area contributed by atoms with Crippen LogP contribution in [0.4, 0.5) is 0 Å². The van der Waals surface area contributed by atoms with Crippen molar-refractivity contribution in [1.82, 2.24) is 9.88 Å². The lowest BCUT2D eigenvalue weighted by molar-refractivity contribution is 0.0778. The fourth-order valence-electron chi connectivity index (χ4n) is 2.02. The monoisotopic (exact) mass is 321 g/mol. The Morgan fingerprint density at radius 2 is 2.20 bits per heavy atom. The SMILES string of the molecule is CC(C)Oc1cccnc1C(=O)N1CC[C@@H](N)C1.Cl.Cl. The number of ether oxygens (including phenoxy) is 1. The highest BCUT2D eigenvalue weighted by atomic mass is 35.5. The van der Waals surface area contributed by atoms with Gasteiger partial charge in [-0.25, -0.2) is 4.98 Å². The van der Waals surface area contributed by atoms with E-state index in [0.29, 0.717) is 24.5 Å². The molecular weight excluding hydrogens is 301 g/mol. The average molecular weight is 322 g/mol. The van der Waals surface area contributed by atoms with Crippen LogP contribution in [-0.4, -0.2) is 41.0 Å². The molecule has 1 fully saturated rings. The lowest BCUT2D eigenvalue weighted by Gasteiger charge is -2.18. The van der Waals surface area contributed by atoms with E-state index in [1.807, 2.05) is 13.8 Å². The molecule has 0 unspecified atom stereocenters. The molecule has 7 heteroatoms. The summed E-state index contributed by atoms with van der Waals surface area (Å²) in [6.07, 6.45) is 2.47. The number of hydrogen-bond acceptors (Lipinski definition) is 4. The summed E-state index contributed by atoms with van der Waals surface area (Å²) in [5, 5.41) is 0. The van der Waals surface area contributed by atoms with Gasteiger partial charge in [-0.3, -0.25) is 4.79 Å². The van der Waals surface area contributed by atoms with Gasteiger partial charge in [0.15, 0.2) is 11.4 Å². The van der Waals surface area contributed by atoms with Crippen LogP contribution in [0.25, 0.3) is 0 Å². The van der Waals surface area contributed by atoms with Gasteiger partial charge in [0.25, 0.3) is 5.91 Å². The number of amides is 1. The van der Waals surface area contributed by atoms with E-state index < -0.39 is 0 Å². The molecule has 1 aromatic rings. The highest BCUT2D eigenvalue weighted by Crippen LogP contribution is 2.20. The van der Waals surface area contributed by atoms with Crippen LogP contribution in [0.5, 0.6) is 5.75 Å². The van der Waals surface area contributed by atoms with Gasteiger partial charge in [-0.05, 0) is 32.4 Å². The highest BCUT2D eigenvalue weighted by Gasteiger charge is 2.27. The smallest absolute Gasteiger partial charge is 0.276 e. The van der Waals surface area contributed by atoms with Crippen molar-refractivity contribution in [3.63, 3.8) is 0 Å². The zero-order valence-electron chi connectivity index (χ0n) is 11.6. The summed E-state index contributed by atoms with van der Waals surface area (Å²) in [6, 6.07) is 3.62. The van der Waals surface area contributed by atoms with E-state index in [9.17, 15) is 4.79 Å². The Balaban J connectivity index is 0.00000180. The first-order chi connectivity index (χ1) is 8.58. The van der Waals surface area contributed by atoms with E-state index in [2.05, 4.69) is 4.98 Å². The fourth-order valence-corrected chi connectivity index (χ4v) is 2.02. The van der Waals surface area contributed by atoms with Gasteiger partial charge in [0, 0.05) is 25.3 Å². The molecule has 20 heavy (non-hydrogen) atoms. The Kier molecular flexibility index (Phi) is 7.86. The van der Waals surface area contributed by atoms with Crippen LogP contribution in [-0.2, 0) is 0 Å². The van der Waals surface area contributed by atoms with Crippen LogP contribution in [0.3, 0.4) is 0 Å². The van der Waals surface area contributed by atoms with Gasteiger partial charge >= 0.3 is 0 Å². The lowest BCUT2D eigenvalue weighted by Crippen LogP contribution is -2.32. The second-order valence-electron chi connectivity index (χ2n) is 4.82. The van der Waals surface area contributed by atoms with E-state index in [1.165, 1.54) is 0 Å². The Morgan fingerprint density at radius 3 is 2.75 bits per heavy atom. The highest BCUT2D eigenvalue weighted by molar-refractivity contribution is 5.95. The van der Waals surface area contributed by atoms with Gasteiger partial charge in [0.05, 0.1) is 6.10 Å². The molecule has 5 nitrogen and oxygen atoms in total. The maximum atomic E-state index is 12.3. The second kappa shape index (κ2) is 8.29. The minimum Gasteiger partial charge on any atom is -0.489 e. The molecular formula is C13H21Cl2N3O2. The average Bonchev–Trinajstić information content (AvgIpc) is 2.75. The van der Waals surface area contributed by atoms with Gasteiger partial charge < -0.3 is 15.4 Å². The van der Waals surface area contributed by atoms with Gasteiger partial charge in [-0.15, -0.1) is 24.8 Å². The van der Waals surface area contributed by atoms with Crippen molar-refractivity contribution in [3.8, 4) is 5.75 Å². The molecule has 1 atom stereocenters. The molecule has 0 aliphatic carbocycles. The summed E-state index contributed by atoms with van der Waals surface area (Å²) in [5.74, 6) is 0.442. The number of rotatable bonds is 3. The van der Waals surface area contributed by atoms with Crippen molar-refractivity contribution < 1.29 is 9.53 Å². The van der Waals surface area contributed by atoms with E-state index in [1.54, 1.807) is 23.2 Å². The Bertz CT molecular complexity index is 443. The van der Waals surface area contributed by atoms with Crippen molar-refractivity contribution in [1.29, 1.82) is 0 Å². The number of likely N-dealkylation sites (tertiary alicyclic amines) is 1. The normalized spacial score (nSPS) is 17.4. The molecule has 1 aliphatic rings. The van der Waals surface area contributed by atoms with Crippen molar-refractivity contribution in [2.75, 3.05) is 13.1 Å².